The Bertz CT molecular complexity index is 1040. The lowest BCUT2D eigenvalue weighted by Gasteiger charge is -2.36. The second-order valence-corrected chi connectivity index (χ2v) is 7.36. The maximum Gasteiger partial charge on any atom is 0.336 e. The van der Waals surface area contributed by atoms with Crippen molar-refractivity contribution in [3.05, 3.63) is 69.0 Å². The van der Waals surface area contributed by atoms with E-state index in [1.165, 1.54) is 0 Å². The molecule has 5 nitrogen and oxygen atoms in total. The molecule has 27 heavy (non-hydrogen) atoms. The van der Waals surface area contributed by atoms with Gasteiger partial charge < -0.3 is 14.4 Å². The van der Waals surface area contributed by atoms with Crippen LogP contribution in [-0.4, -0.2) is 36.2 Å². The van der Waals surface area contributed by atoms with Crippen molar-refractivity contribution in [1.82, 2.24) is 4.90 Å². The van der Waals surface area contributed by atoms with Crippen LogP contribution in [0.2, 0.25) is 5.02 Å². The SMILES string of the molecule is Cc1c(O)ccc2c(CN3CCN(c4cccc(Cl)c4)CC3)cc(=O)oc12. The molecule has 1 saturated heterocycles. The van der Waals surface area contributed by atoms with Crippen molar-refractivity contribution < 1.29 is 9.52 Å². The number of halogens is 1. The fourth-order valence-corrected chi connectivity index (χ4v) is 3.81. The normalized spacial score (nSPS) is 15.4. The van der Waals surface area contributed by atoms with Crippen LogP contribution in [0.5, 0.6) is 5.75 Å². The van der Waals surface area contributed by atoms with E-state index in [0.29, 0.717) is 17.7 Å². The summed E-state index contributed by atoms with van der Waals surface area (Å²) < 4.78 is 5.33. The van der Waals surface area contributed by atoms with Gasteiger partial charge >= 0.3 is 5.63 Å². The average Bonchev–Trinajstić information content (AvgIpc) is 2.66. The maximum absolute atomic E-state index is 12.0. The molecule has 140 valence electrons. The summed E-state index contributed by atoms with van der Waals surface area (Å²) in [6.45, 7) is 6.03. The molecule has 0 radical (unpaired) electrons. The number of benzene rings is 2. The van der Waals surface area contributed by atoms with E-state index in [2.05, 4.69) is 15.9 Å². The maximum atomic E-state index is 12.0. The summed E-state index contributed by atoms with van der Waals surface area (Å²) in [7, 11) is 0. The Hall–Kier alpha value is -2.50. The Morgan fingerprint density at radius 2 is 1.89 bits per heavy atom. The topological polar surface area (TPSA) is 56.9 Å². The van der Waals surface area contributed by atoms with Crippen molar-refractivity contribution in [2.24, 2.45) is 0 Å². The van der Waals surface area contributed by atoms with E-state index < -0.39 is 0 Å². The summed E-state index contributed by atoms with van der Waals surface area (Å²) in [5, 5.41) is 11.5. The summed E-state index contributed by atoms with van der Waals surface area (Å²) in [4.78, 5) is 16.6. The van der Waals surface area contributed by atoms with Crippen LogP contribution in [0.3, 0.4) is 0 Å². The first-order valence-corrected chi connectivity index (χ1v) is 9.37. The number of hydrogen-bond acceptors (Lipinski definition) is 5. The predicted molar refractivity (Wildman–Crippen MR) is 108 cm³/mol. The number of anilines is 1. The minimum atomic E-state index is -0.385. The van der Waals surface area contributed by atoms with Crippen molar-refractivity contribution in [1.29, 1.82) is 0 Å². The third-order valence-corrected chi connectivity index (χ3v) is 5.39. The lowest BCUT2D eigenvalue weighted by atomic mass is 10.1. The molecule has 0 spiro atoms. The molecular weight excluding hydrogens is 364 g/mol. The Labute approximate surface area is 162 Å². The first-order chi connectivity index (χ1) is 13.0. The fourth-order valence-electron chi connectivity index (χ4n) is 3.62. The van der Waals surface area contributed by atoms with Gasteiger partial charge in [0.25, 0.3) is 0 Å². The van der Waals surface area contributed by atoms with Gasteiger partial charge in [-0.2, -0.15) is 0 Å². The number of aromatic hydroxyl groups is 1. The molecule has 2 aromatic carbocycles. The van der Waals surface area contributed by atoms with Crippen molar-refractivity contribution in [3.8, 4) is 5.75 Å². The van der Waals surface area contributed by atoms with Crippen LogP contribution in [0.15, 0.2) is 51.7 Å². The molecular formula is C21H21ClN2O3. The third kappa shape index (κ3) is 3.66. The molecule has 1 aromatic heterocycles. The van der Waals surface area contributed by atoms with E-state index in [-0.39, 0.29) is 11.4 Å². The van der Waals surface area contributed by atoms with Crippen molar-refractivity contribution in [2.45, 2.75) is 13.5 Å². The standard InChI is InChI=1S/C21H21ClN2O3/c1-14-19(25)6-5-18-15(11-20(26)27-21(14)18)13-23-7-9-24(10-8-23)17-4-2-3-16(22)12-17/h2-6,11-12,25H,7-10,13H2,1H3. The molecule has 0 saturated carbocycles. The van der Waals surface area contributed by atoms with Crippen molar-refractivity contribution in [2.75, 3.05) is 31.1 Å². The first kappa shape index (κ1) is 17.9. The number of aryl methyl sites for hydroxylation is 1. The van der Waals surface area contributed by atoms with Gasteiger partial charge in [-0.3, -0.25) is 4.90 Å². The molecule has 0 aliphatic carbocycles. The van der Waals surface area contributed by atoms with Gasteiger partial charge in [0.1, 0.15) is 11.3 Å². The van der Waals surface area contributed by atoms with Crippen LogP contribution in [0.25, 0.3) is 11.0 Å². The Morgan fingerprint density at radius 1 is 1.11 bits per heavy atom. The summed E-state index contributed by atoms with van der Waals surface area (Å²) in [6, 6.07) is 12.9. The Balaban J connectivity index is 1.53. The van der Waals surface area contributed by atoms with Crippen LogP contribution in [-0.2, 0) is 6.54 Å². The van der Waals surface area contributed by atoms with Gasteiger partial charge in [0.15, 0.2) is 0 Å². The largest absolute Gasteiger partial charge is 0.508 e. The van der Waals surface area contributed by atoms with Gasteiger partial charge in [-0.25, -0.2) is 4.79 Å². The molecule has 6 heteroatoms. The number of rotatable bonds is 3. The predicted octanol–water partition coefficient (Wildman–Crippen LogP) is 3.78. The molecule has 3 aromatic rings. The van der Waals surface area contributed by atoms with Crippen LogP contribution in [0, 0.1) is 6.92 Å². The second-order valence-electron chi connectivity index (χ2n) is 6.92. The number of phenols is 1. The second kappa shape index (κ2) is 7.25. The summed E-state index contributed by atoms with van der Waals surface area (Å²) >= 11 is 6.10. The van der Waals surface area contributed by atoms with Crippen LogP contribution >= 0.6 is 11.6 Å². The average molecular weight is 385 g/mol. The summed E-state index contributed by atoms with van der Waals surface area (Å²) in [5.41, 5.74) is 2.75. The zero-order chi connectivity index (χ0) is 19.0. The lowest BCUT2D eigenvalue weighted by molar-refractivity contribution is 0.250. The van der Waals surface area contributed by atoms with Gasteiger partial charge in [-0.05, 0) is 42.8 Å². The molecule has 1 aliphatic heterocycles. The molecule has 0 amide bonds. The van der Waals surface area contributed by atoms with E-state index in [9.17, 15) is 9.90 Å². The molecule has 1 N–H and O–H groups in total. The van der Waals surface area contributed by atoms with Gasteiger partial charge in [-0.15, -0.1) is 0 Å². The first-order valence-electron chi connectivity index (χ1n) is 8.99. The van der Waals surface area contributed by atoms with E-state index in [1.807, 2.05) is 24.3 Å². The van der Waals surface area contributed by atoms with Crippen LogP contribution in [0.4, 0.5) is 5.69 Å². The van der Waals surface area contributed by atoms with Crippen molar-refractivity contribution in [3.63, 3.8) is 0 Å². The highest BCUT2D eigenvalue weighted by atomic mass is 35.5. The van der Waals surface area contributed by atoms with E-state index in [0.717, 1.165) is 47.8 Å². The van der Waals surface area contributed by atoms with Crippen molar-refractivity contribution >= 4 is 28.3 Å². The number of piperazine rings is 1. The summed E-state index contributed by atoms with van der Waals surface area (Å²) in [5.74, 6) is 0.137. The van der Waals surface area contributed by atoms with Crippen LogP contribution in [0.1, 0.15) is 11.1 Å². The van der Waals surface area contributed by atoms with Gasteiger partial charge in [-0.1, -0.05) is 17.7 Å². The summed E-state index contributed by atoms with van der Waals surface area (Å²) in [6.07, 6.45) is 0. The molecule has 1 fully saturated rings. The zero-order valence-corrected chi connectivity index (χ0v) is 15.9. The van der Waals surface area contributed by atoms with Gasteiger partial charge in [0, 0.05) is 60.4 Å². The highest BCUT2D eigenvalue weighted by Crippen LogP contribution is 2.28. The van der Waals surface area contributed by atoms with Gasteiger partial charge in [0.2, 0.25) is 0 Å². The minimum Gasteiger partial charge on any atom is -0.508 e. The third-order valence-electron chi connectivity index (χ3n) is 5.16. The monoisotopic (exact) mass is 384 g/mol. The number of nitrogens with zero attached hydrogens (tertiary/aromatic N) is 2. The Morgan fingerprint density at radius 3 is 2.63 bits per heavy atom. The molecule has 1 aliphatic rings. The number of hydrogen-bond donors (Lipinski definition) is 1. The fraction of sp³-hybridized carbons (Fsp3) is 0.286. The van der Waals surface area contributed by atoms with Crippen LogP contribution < -0.4 is 10.5 Å². The quantitative estimate of drug-likeness (QED) is 0.696. The van der Waals surface area contributed by atoms with E-state index in [4.69, 9.17) is 16.0 Å². The van der Waals surface area contributed by atoms with E-state index >= 15 is 0 Å². The molecule has 4 rings (SSSR count). The number of phenolic OH excluding ortho intramolecular Hbond substituents is 1. The highest BCUT2D eigenvalue weighted by molar-refractivity contribution is 6.30. The molecule has 0 unspecified atom stereocenters. The molecule has 0 atom stereocenters. The zero-order valence-electron chi connectivity index (χ0n) is 15.1. The lowest BCUT2D eigenvalue weighted by Crippen LogP contribution is -2.46. The Kier molecular flexibility index (Phi) is 4.81. The smallest absolute Gasteiger partial charge is 0.336 e. The highest BCUT2D eigenvalue weighted by Gasteiger charge is 2.19. The molecule has 0 bridgehead atoms. The number of fused-ring (bicyclic) bond motifs is 1. The molecule has 2 heterocycles. The minimum absolute atomic E-state index is 0.137. The van der Waals surface area contributed by atoms with E-state index in [1.54, 1.807) is 19.1 Å². The van der Waals surface area contributed by atoms with Gasteiger partial charge in [0.05, 0.1) is 0 Å².